The first-order chi connectivity index (χ1) is 12.9. The molecule has 0 aliphatic carbocycles. The third-order valence-corrected chi connectivity index (χ3v) is 5.35. The second kappa shape index (κ2) is 8.85. The van der Waals surface area contributed by atoms with Crippen LogP contribution in [0.1, 0.15) is 44.7 Å². The van der Waals surface area contributed by atoms with E-state index in [1.807, 2.05) is 0 Å². The van der Waals surface area contributed by atoms with Gasteiger partial charge in [-0.1, -0.05) is 24.3 Å². The first-order valence-corrected chi connectivity index (χ1v) is 9.93. The maximum absolute atomic E-state index is 12.4. The molecule has 1 aromatic carbocycles. The van der Waals surface area contributed by atoms with Crippen molar-refractivity contribution in [2.75, 3.05) is 19.6 Å². The highest BCUT2D eigenvalue weighted by molar-refractivity contribution is 5.87. The molecule has 0 saturated carbocycles. The lowest BCUT2D eigenvalue weighted by atomic mass is 10.1. The third-order valence-electron chi connectivity index (χ3n) is 5.35. The molecular formula is C21H31N3O3. The Balaban J connectivity index is 1.49. The largest absolute Gasteiger partial charge is 0.373 e. The number of rotatable bonds is 5. The molecule has 148 valence electrons. The normalized spacial score (nSPS) is 26.2. The summed E-state index contributed by atoms with van der Waals surface area (Å²) in [7, 11) is 0. The van der Waals surface area contributed by atoms with Crippen molar-refractivity contribution in [1.29, 1.82) is 0 Å². The van der Waals surface area contributed by atoms with E-state index < -0.39 is 0 Å². The van der Waals surface area contributed by atoms with Gasteiger partial charge in [0.05, 0.1) is 12.2 Å². The molecule has 1 aromatic rings. The average Bonchev–Trinajstić information content (AvgIpc) is 3.10. The molecule has 2 aliphatic rings. The zero-order valence-electron chi connectivity index (χ0n) is 16.6. The van der Waals surface area contributed by atoms with Crippen molar-refractivity contribution in [2.24, 2.45) is 0 Å². The van der Waals surface area contributed by atoms with Gasteiger partial charge in [0.15, 0.2) is 0 Å². The molecular weight excluding hydrogens is 342 g/mol. The summed E-state index contributed by atoms with van der Waals surface area (Å²) in [6, 6.07) is 8.08. The van der Waals surface area contributed by atoms with Gasteiger partial charge < -0.3 is 15.0 Å². The highest BCUT2D eigenvalue weighted by atomic mass is 16.5. The number of benzene rings is 1. The lowest BCUT2D eigenvalue weighted by molar-refractivity contribution is -0.136. The van der Waals surface area contributed by atoms with Crippen LogP contribution in [-0.4, -0.2) is 59.5 Å². The molecule has 6 nitrogen and oxygen atoms in total. The number of ether oxygens (including phenoxy) is 1. The minimum atomic E-state index is -0.313. The lowest BCUT2D eigenvalue weighted by Crippen LogP contribution is -2.45. The maximum Gasteiger partial charge on any atom is 0.243 e. The highest BCUT2D eigenvalue weighted by Gasteiger charge is 2.32. The van der Waals surface area contributed by atoms with Crippen LogP contribution in [-0.2, 0) is 27.4 Å². The number of nitrogens with zero attached hydrogens (tertiary/aromatic N) is 2. The van der Waals surface area contributed by atoms with Crippen molar-refractivity contribution in [3.63, 3.8) is 0 Å². The number of carbonyl (C=O) groups is 2. The van der Waals surface area contributed by atoms with E-state index >= 15 is 0 Å². The molecule has 0 spiro atoms. The molecule has 2 aliphatic heterocycles. The van der Waals surface area contributed by atoms with Crippen molar-refractivity contribution in [3.05, 3.63) is 35.4 Å². The van der Waals surface area contributed by atoms with Crippen LogP contribution < -0.4 is 5.32 Å². The number of morpholine rings is 1. The molecule has 2 saturated heterocycles. The van der Waals surface area contributed by atoms with Gasteiger partial charge in [-0.05, 0) is 37.8 Å². The van der Waals surface area contributed by atoms with Gasteiger partial charge in [-0.3, -0.25) is 14.5 Å². The van der Waals surface area contributed by atoms with E-state index in [2.05, 4.69) is 48.3 Å². The summed E-state index contributed by atoms with van der Waals surface area (Å²) in [4.78, 5) is 28.1. The second-order valence-corrected chi connectivity index (χ2v) is 7.86. The molecule has 2 amide bonds. The Labute approximate surface area is 161 Å². The summed E-state index contributed by atoms with van der Waals surface area (Å²) in [5, 5.41) is 2.98. The highest BCUT2D eigenvalue weighted by Crippen LogP contribution is 2.18. The fourth-order valence-corrected chi connectivity index (χ4v) is 4.16. The van der Waals surface area contributed by atoms with E-state index in [1.54, 1.807) is 4.90 Å². The maximum atomic E-state index is 12.4. The van der Waals surface area contributed by atoms with E-state index in [-0.39, 0.29) is 30.1 Å². The molecule has 2 heterocycles. The molecule has 0 bridgehead atoms. The third kappa shape index (κ3) is 5.30. The number of nitrogens with one attached hydrogen (secondary N) is 1. The SMILES string of the molecule is CC(=O)N1CCCC1C(=O)NCc1ccc(CN2CC(C)OC(C)C2)cc1. The Kier molecular flexibility index (Phi) is 6.50. The van der Waals surface area contributed by atoms with E-state index in [0.29, 0.717) is 13.1 Å². The fourth-order valence-electron chi connectivity index (χ4n) is 4.16. The number of amides is 2. The van der Waals surface area contributed by atoms with Crippen molar-refractivity contribution in [3.8, 4) is 0 Å². The van der Waals surface area contributed by atoms with Gasteiger partial charge in [0.25, 0.3) is 0 Å². The number of hydrogen-bond donors (Lipinski definition) is 1. The standard InChI is InChI=1S/C21H31N3O3/c1-15-12-23(13-16(2)27-15)14-19-8-6-18(7-9-19)11-22-21(26)20-5-4-10-24(20)17(3)25/h6-9,15-16,20H,4-5,10-14H2,1-3H3,(H,22,26). The molecule has 3 unspecified atom stereocenters. The predicted molar refractivity (Wildman–Crippen MR) is 104 cm³/mol. The molecule has 0 aromatic heterocycles. The first-order valence-electron chi connectivity index (χ1n) is 9.93. The lowest BCUT2D eigenvalue weighted by Gasteiger charge is -2.35. The van der Waals surface area contributed by atoms with Crippen LogP contribution >= 0.6 is 0 Å². The van der Waals surface area contributed by atoms with Crippen molar-refractivity contribution in [2.45, 2.75) is 65.0 Å². The quantitative estimate of drug-likeness (QED) is 0.857. The summed E-state index contributed by atoms with van der Waals surface area (Å²) in [5.74, 6) is -0.0770. The first kappa shape index (κ1) is 19.8. The molecule has 2 fully saturated rings. The molecule has 27 heavy (non-hydrogen) atoms. The zero-order valence-corrected chi connectivity index (χ0v) is 16.6. The van der Waals surface area contributed by atoms with E-state index in [9.17, 15) is 9.59 Å². The molecule has 3 rings (SSSR count). The topological polar surface area (TPSA) is 61.9 Å². The van der Waals surface area contributed by atoms with Crippen LogP contribution in [0.2, 0.25) is 0 Å². The van der Waals surface area contributed by atoms with Crippen molar-refractivity contribution >= 4 is 11.8 Å². The van der Waals surface area contributed by atoms with Gasteiger partial charge in [0.2, 0.25) is 11.8 Å². The van der Waals surface area contributed by atoms with Crippen molar-refractivity contribution in [1.82, 2.24) is 15.1 Å². The fraction of sp³-hybridized carbons (Fsp3) is 0.619. The molecule has 1 N–H and O–H groups in total. The van der Waals surface area contributed by atoms with Gasteiger partial charge in [0.1, 0.15) is 6.04 Å². The van der Waals surface area contributed by atoms with E-state index in [4.69, 9.17) is 4.74 Å². The summed E-state index contributed by atoms with van der Waals surface area (Å²) in [6.45, 7) is 9.76. The number of likely N-dealkylation sites (tertiary alicyclic amines) is 1. The summed E-state index contributed by atoms with van der Waals surface area (Å²) >= 11 is 0. The predicted octanol–water partition coefficient (Wildman–Crippen LogP) is 1.92. The Bertz CT molecular complexity index is 651. The smallest absolute Gasteiger partial charge is 0.243 e. The van der Waals surface area contributed by atoms with Crippen LogP contribution in [0.15, 0.2) is 24.3 Å². The van der Waals surface area contributed by atoms with Gasteiger partial charge in [-0.15, -0.1) is 0 Å². The molecule has 0 radical (unpaired) electrons. The van der Waals surface area contributed by atoms with Crippen molar-refractivity contribution < 1.29 is 14.3 Å². The van der Waals surface area contributed by atoms with Gasteiger partial charge in [-0.25, -0.2) is 0 Å². The number of hydrogen-bond acceptors (Lipinski definition) is 4. The molecule has 6 heteroatoms. The van der Waals surface area contributed by atoms with Crippen LogP contribution in [0.25, 0.3) is 0 Å². The average molecular weight is 373 g/mol. The minimum Gasteiger partial charge on any atom is -0.373 e. The van der Waals surface area contributed by atoms with E-state index in [0.717, 1.165) is 38.0 Å². The van der Waals surface area contributed by atoms with Crippen LogP contribution in [0.5, 0.6) is 0 Å². The monoisotopic (exact) mass is 373 g/mol. The second-order valence-electron chi connectivity index (χ2n) is 7.86. The summed E-state index contributed by atoms with van der Waals surface area (Å²) in [5.41, 5.74) is 2.34. The van der Waals surface area contributed by atoms with Crippen LogP contribution in [0.3, 0.4) is 0 Å². The summed E-state index contributed by atoms with van der Waals surface area (Å²) in [6.07, 6.45) is 2.19. The summed E-state index contributed by atoms with van der Waals surface area (Å²) < 4.78 is 5.79. The Hall–Kier alpha value is -1.92. The Morgan fingerprint density at radius 3 is 2.37 bits per heavy atom. The number of carbonyl (C=O) groups excluding carboxylic acids is 2. The Morgan fingerprint density at radius 2 is 1.74 bits per heavy atom. The van der Waals surface area contributed by atoms with Crippen LogP contribution in [0, 0.1) is 0 Å². The Morgan fingerprint density at radius 1 is 1.11 bits per heavy atom. The molecule has 3 atom stereocenters. The van der Waals surface area contributed by atoms with Gasteiger partial charge in [0, 0.05) is 39.6 Å². The van der Waals surface area contributed by atoms with Gasteiger partial charge in [-0.2, -0.15) is 0 Å². The van der Waals surface area contributed by atoms with Gasteiger partial charge >= 0.3 is 0 Å². The van der Waals surface area contributed by atoms with E-state index in [1.165, 1.54) is 12.5 Å². The minimum absolute atomic E-state index is 0.0243. The zero-order chi connectivity index (χ0) is 19.4. The van der Waals surface area contributed by atoms with Crippen LogP contribution in [0.4, 0.5) is 0 Å².